The molecular weight excluding hydrogens is 301 g/mol. The van der Waals surface area contributed by atoms with Gasteiger partial charge in [-0.3, -0.25) is 4.79 Å². The first-order chi connectivity index (χ1) is 10.7. The smallest absolute Gasteiger partial charge is 0.257 e. The van der Waals surface area contributed by atoms with Crippen molar-refractivity contribution in [2.45, 2.75) is 17.5 Å². The van der Waals surface area contributed by atoms with Gasteiger partial charge in [0.2, 0.25) is 0 Å². The molecule has 2 heterocycles. The highest BCUT2D eigenvalue weighted by Crippen LogP contribution is 2.28. The molecule has 4 nitrogen and oxygen atoms in total. The van der Waals surface area contributed by atoms with Gasteiger partial charge in [-0.1, -0.05) is 23.9 Å². The Labute approximate surface area is 132 Å². The van der Waals surface area contributed by atoms with E-state index in [2.05, 4.69) is 9.97 Å². The SMILES string of the molecule is CSc1ncc(C(=O)N2CC[C@@H](c3ccc(F)cc3)C2)cn1. The molecule has 1 atom stereocenters. The first kappa shape index (κ1) is 15.0. The van der Waals surface area contributed by atoms with E-state index in [0.29, 0.717) is 23.8 Å². The van der Waals surface area contributed by atoms with Gasteiger partial charge in [0.15, 0.2) is 5.16 Å². The summed E-state index contributed by atoms with van der Waals surface area (Å²) in [5.41, 5.74) is 1.59. The maximum absolute atomic E-state index is 13.0. The Kier molecular flexibility index (Phi) is 4.38. The quantitative estimate of drug-likeness (QED) is 0.645. The zero-order chi connectivity index (χ0) is 15.5. The largest absolute Gasteiger partial charge is 0.338 e. The Morgan fingerprint density at radius 2 is 1.95 bits per heavy atom. The Morgan fingerprint density at radius 3 is 2.59 bits per heavy atom. The molecule has 0 aliphatic carbocycles. The van der Waals surface area contributed by atoms with E-state index in [0.717, 1.165) is 12.0 Å². The molecule has 0 saturated carbocycles. The van der Waals surface area contributed by atoms with E-state index in [-0.39, 0.29) is 17.6 Å². The highest BCUT2D eigenvalue weighted by molar-refractivity contribution is 7.98. The van der Waals surface area contributed by atoms with Crippen LogP contribution in [0.4, 0.5) is 4.39 Å². The van der Waals surface area contributed by atoms with Gasteiger partial charge in [0.05, 0.1) is 5.56 Å². The summed E-state index contributed by atoms with van der Waals surface area (Å²) in [4.78, 5) is 22.5. The number of carbonyl (C=O) groups is 1. The molecule has 22 heavy (non-hydrogen) atoms. The summed E-state index contributed by atoms with van der Waals surface area (Å²) in [6.45, 7) is 1.35. The van der Waals surface area contributed by atoms with Gasteiger partial charge in [-0.15, -0.1) is 0 Å². The zero-order valence-corrected chi connectivity index (χ0v) is 13.0. The number of thioether (sulfide) groups is 1. The lowest BCUT2D eigenvalue weighted by atomic mass is 9.99. The van der Waals surface area contributed by atoms with Gasteiger partial charge in [-0.2, -0.15) is 0 Å². The first-order valence-electron chi connectivity index (χ1n) is 7.08. The molecule has 1 amide bonds. The standard InChI is InChI=1S/C16H16FN3OS/c1-22-16-18-8-13(9-19-16)15(21)20-7-6-12(10-20)11-2-4-14(17)5-3-11/h2-5,8-9,12H,6-7,10H2,1H3/t12-/m1/s1. The summed E-state index contributed by atoms with van der Waals surface area (Å²) in [5.74, 6) is -0.0195. The van der Waals surface area contributed by atoms with Gasteiger partial charge in [0.25, 0.3) is 5.91 Å². The Hall–Kier alpha value is -1.95. The van der Waals surface area contributed by atoms with Crippen LogP contribution in [0.5, 0.6) is 0 Å². The molecule has 1 aliphatic rings. The van der Waals surface area contributed by atoms with E-state index in [9.17, 15) is 9.18 Å². The second-order valence-corrected chi connectivity index (χ2v) is 6.02. The van der Waals surface area contributed by atoms with E-state index in [1.807, 2.05) is 11.2 Å². The van der Waals surface area contributed by atoms with Crippen LogP contribution >= 0.6 is 11.8 Å². The maximum Gasteiger partial charge on any atom is 0.257 e. The van der Waals surface area contributed by atoms with Crippen LogP contribution in [0.25, 0.3) is 0 Å². The summed E-state index contributed by atoms with van der Waals surface area (Å²) < 4.78 is 13.0. The lowest BCUT2D eigenvalue weighted by molar-refractivity contribution is 0.0789. The Bertz CT molecular complexity index is 660. The van der Waals surface area contributed by atoms with Crippen LogP contribution in [-0.4, -0.2) is 40.1 Å². The maximum atomic E-state index is 13.0. The fraction of sp³-hybridized carbons (Fsp3) is 0.312. The molecule has 1 fully saturated rings. The first-order valence-corrected chi connectivity index (χ1v) is 8.30. The summed E-state index contributed by atoms with van der Waals surface area (Å²) in [6, 6.07) is 6.53. The molecule has 0 bridgehead atoms. The number of benzene rings is 1. The van der Waals surface area contributed by atoms with Crippen molar-refractivity contribution in [2.75, 3.05) is 19.3 Å². The molecule has 0 spiro atoms. The summed E-state index contributed by atoms with van der Waals surface area (Å²) in [6.07, 6.45) is 5.94. The zero-order valence-electron chi connectivity index (χ0n) is 12.2. The number of nitrogens with zero attached hydrogens (tertiary/aromatic N) is 3. The third-order valence-electron chi connectivity index (χ3n) is 3.87. The average Bonchev–Trinajstić information content (AvgIpc) is 3.05. The minimum atomic E-state index is -0.235. The Balaban J connectivity index is 1.68. The van der Waals surface area contributed by atoms with E-state index in [4.69, 9.17) is 0 Å². The summed E-state index contributed by atoms with van der Waals surface area (Å²) in [7, 11) is 0. The minimum Gasteiger partial charge on any atom is -0.338 e. The van der Waals surface area contributed by atoms with Crippen LogP contribution in [0.1, 0.15) is 28.3 Å². The van der Waals surface area contributed by atoms with Crippen LogP contribution < -0.4 is 0 Å². The number of likely N-dealkylation sites (tertiary alicyclic amines) is 1. The fourth-order valence-electron chi connectivity index (χ4n) is 2.67. The average molecular weight is 317 g/mol. The van der Waals surface area contributed by atoms with Crippen molar-refractivity contribution in [2.24, 2.45) is 0 Å². The van der Waals surface area contributed by atoms with Crippen molar-refractivity contribution in [1.29, 1.82) is 0 Å². The van der Waals surface area contributed by atoms with Crippen LogP contribution in [0.2, 0.25) is 0 Å². The van der Waals surface area contributed by atoms with Crippen LogP contribution in [-0.2, 0) is 0 Å². The molecule has 1 saturated heterocycles. The molecule has 0 unspecified atom stereocenters. The van der Waals surface area contributed by atoms with Crippen molar-refractivity contribution < 1.29 is 9.18 Å². The molecule has 0 N–H and O–H groups in total. The van der Waals surface area contributed by atoms with Crippen molar-refractivity contribution in [3.63, 3.8) is 0 Å². The topological polar surface area (TPSA) is 46.1 Å². The normalized spacial score (nSPS) is 17.7. The summed E-state index contributed by atoms with van der Waals surface area (Å²) in [5, 5.41) is 0.655. The van der Waals surface area contributed by atoms with Gasteiger partial charge in [0, 0.05) is 31.4 Å². The lowest BCUT2D eigenvalue weighted by Crippen LogP contribution is -2.28. The molecule has 1 aromatic carbocycles. The van der Waals surface area contributed by atoms with Crippen LogP contribution in [0.3, 0.4) is 0 Å². The third-order valence-corrected chi connectivity index (χ3v) is 4.45. The second kappa shape index (κ2) is 6.44. The number of rotatable bonds is 3. The molecule has 1 aliphatic heterocycles. The number of amides is 1. The van der Waals surface area contributed by atoms with E-state index in [1.54, 1.807) is 24.5 Å². The van der Waals surface area contributed by atoms with Gasteiger partial charge >= 0.3 is 0 Å². The highest BCUT2D eigenvalue weighted by Gasteiger charge is 2.28. The molecule has 2 aromatic rings. The predicted octanol–water partition coefficient (Wildman–Crippen LogP) is 2.97. The summed E-state index contributed by atoms with van der Waals surface area (Å²) >= 11 is 1.44. The van der Waals surface area contributed by atoms with Crippen molar-refractivity contribution in [3.05, 3.63) is 53.6 Å². The molecule has 0 radical (unpaired) electrons. The van der Waals surface area contributed by atoms with Crippen molar-refractivity contribution in [3.8, 4) is 0 Å². The van der Waals surface area contributed by atoms with Gasteiger partial charge in [0.1, 0.15) is 5.82 Å². The monoisotopic (exact) mass is 317 g/mol. The van der Waals surface area contributed by atoms with Crippen molar-refractivity contribution >= 4 is 17.7 Å². The minimum absolute atomic E-state index is 0.0442. The molecule has 6 heteroatoms. The number of halogens is 1. The molecular formula is C16H16FN3OS. The second-order valence-electron chi connectivity index (χ2n) is 5.25. The van der Waals surface area contributed by atoms with Crippen molar-refractivity contribution in [1.82, 2.24) is 14.9 Å². The van der Waals surface area contributed by atoms with E-state index >= 15 is 0 Å². The highest BCUT2D eigenvalue weighted by atomic mass is 32.2. The van der Waals surface area contributed by atoms with Crippen LogP contribution in [0.15, 0.2) is 41.8 Å². The third kappa shape index (κ3) is 3.11. The predicted molar refractivity (Wildman–Crippen MR) is 83.5 cm³/mol. The number of carbonyl (C=O) groups excluding carboxylic acids is 1. The van der Waals surface area contributed by atoms with E-state index < -0.39 is 0 Å². The van der Waals surface area contributed by atoms with Gasteiger partial charge in [-0.05, 0) is 30.4 Å². The molecule has 114 valence electrons. The molecule has 1 aromatic heterocycles. The lowest BCUT2D eigenvalue weighted by Gasteiger charge is -2.16. The van der Waals surface area contributed by atoms with Gasteiger partial charge in [-0.25, -0.2) is 14.4 Å². The van der Waals surface area contributed by atoms with Crippen LogP contribution in [0, 0.1) is 5.82 Å². The number of hydrogen-bond donors (Lipinski definition) is 0. The van der Waals surface area contributed by atoms with Gasteiger partial charge < -0.3 is 4.90 Å². The van der Waals surface area contributed by atoms with E-state index in [1.165, 1.54) is 23.9 Å². The Morgan fingerprint density at radius 1 is 1.27 bits per heavy atom. The fourth-order valence-corrected chi connectivity index (χ4v) is 2.98. The number of hydrogen-bond acceptors (Lipinski definition) is 4. The molecule has 3 rings (SSSR count). The number of aromatic nitrogens is 2.